The van der Waals surface area contributed by atoms with Gasteiger partial charge >= 0.3 is 0 Å². The fraction of sp³-hybridized carbons (Fsp3) is 0. The summed E-state index contributed by atoms with van der Waals surface area (Å²) >= 11 is 8.89. The van der Waals surface area contributed by atoms with Crippen LogP contribution in [0.3, 0.4) is 0 Å². The first-order valence-corrected chi connectivity index (χ1v) is 4.68. The largest absolute Gasteiger partial charge is 0.269 e. The van der Waals surface area contributed by atoms with Gasteiger partial charge in [0.25, 0.3) is 5.56 Å². The molecule has 0 N–H and O–H groups in total. The smallest absolute Gasteiger partial charge is 0.259 e. The second-order valence-corrected chi connectivity index (χ2v) is 3.80. The first-order chi connectivity index (χ1) is 6.16. The van der Waals surface area contributed by atoms with Crippen LogP contribution in [0.2, 0.25) is 5.15 Å². The van der Waals surface area contributed by atoms with Gasteiger partial charge in [-0.2, -0.15) is 0 Å². The Labute approximate surface area is 87.1 Å². The monoisotopic (exact) mass is 258 g/mol. The van der Waals surface area contributed by atoms with Gasteiger partial charge in [0.1, 0.15) is 10.8 Å². The van der Waals surface area contributed by atoms with Gasteiger partial charge in [-0.3, -0.25) is 9.20 Å². The quantitative estimate of drug-likeness (QED) is 0.679. The van der Waals surface area contributed by atoms with Crippen LogP contribution in [0.4, 0.5) is 0 Å². The number of halogens is 2. The van der Waals surface area contributed by atoms with Crippen LogP contribution in [0.25, 0.3) is 5.65 Å². The minimum Gasteiger partial charge on any atom is -0.269 e. The lowest BCUT2D eigenvalue weighted by Gasteiger charge is -1.99. The van der Waals surface area contributed by atoms with Crippen molar-refractivity contribution in [3.63, 3.8) is 0 Å². The minimum atomic E-state index is -0.184. The number of pyridine rings is 1. The Bertz CT molecular complexity index is 523. The van der Waals surface area contributed by atoms with Crippen LogP contribution in [0, 0.1) is 0 Å². The Morgan fingerprint density at radius 2 is 2.23 bits per heavy atom. The predicted molar refractivity (Wildman–Crippen MR) is 54.2 cm³/mol. The van der Waals surface area contributed by atoms with Gasteiger partial charge in [0.05, 0.1) is 0 Å². The SMILES string of the molecule is O=c1cc(Cl)nc2ccc(Br)cn12. The van der Waals surface area contributed by atoms with Crippen LogP contribution in [0.15, 0.2) is 33.7 Å². The number of nitrogens with zero attached hydrogens (tertiary/aromatic N) is 2. The standard InChI is InChI=1S/C8H4BrClN2O/c9-5-1-2-7-11-6(10)3-8(13)12(7)4-5/h1-4H. The highest BCUT2D eigenvalue weighted by Gasteiger charge is 1.99. The third kappa shape index (κ3) is 1.59. The Balaban J connectivity index is 2.95. The first kappa shape index (κ1) is 8.72. The molecule has 0 saturated heterocycles. The highest BCUT2D eigenvalue weighted by atomic mass is 79.9. The summed E-state index contributed by atoms with van der Waals surface area (Å²) in [6.45, 7) is 0. The van der Waals surface area contributed by atoms with Crippen molar-refractivity contribution >= 4 is 33.2 Å². The minimum absolute atomic E-state index is 0.184. The summed E-state index contributed by atoms with van der Waals surface area (Å²) in [5.74, 6) is 0. The highest BCUT2D eigenvalue weighted by Crippen LogP contribution is 2.10. The van der Waals surface area contributed by atoms with Gasteiger partial charge in [0.2, 0.25) is 0 Å². The fourth-order valence-corrected chi connectivity index (χ4v) is 1.56. The molecule has 66 valence electrons. The van der Waals surface area contributed by atoms with Gasteiger partial charge in [0, 0.05) is 16.7 Å². The molecule has 0 amide bonds. The van der Waals surface area contributed by atoms with Gasteiger partial charge < -0.3 is 0 Å². The van der Waals surface area contributed by atoms with E-state index in [1.54, 1.807) is 18.3 Å². The maximum atomic E-state index is 11.4. The molecule has 0 spiro atoms. The average Bonchev–Trinajstić information content (AvgIpc) is 2.06. The molecular weight excluding hydrogens is 255 g/mol. The van der Waals surface area contributed by atoms with Gasteiger partial charge in [-0.05, 0) is 28.1 Å². The van der Waals surface area contributed by atoms with Crippen LogP contribution in [0.1, 0.15) is 0 Å². The first-order valence-electron chi connectivity index (χ1n) is 3.51. The van der Waals surface area contributed by atoms with Crippen molar-refractivity contribution in [3.05, 3.63) is 44.4 Å². The molecule has 0 aliphatic heterocycles. The summed E-state index contributed by atoms with van der Waals surface area (Å²) in [6, 6.07) is 4.80. The Kier molecular flexibility index (Phi) is 2.09. The second-order valence-electron chi connectivity index (χ2n) is 2.49. The van der Waals surface area contributed by atoms with E-state index in [9.17, 15) is 4.79 Å². The number of hydrogen-bond acceptors (Lipinski definition) is 2. The zero-order valence-corrected chi connectivity index (χ0v) is 8.71. The molecule has 2 rings (SSSR count). The molecule has 3 nitrogen and oxygen atoms in total. The second kappa shape index (κ2) is 3.12. The van der Waals surface area contributed by atoms with E-state index in [1.165, 1.54) is 10.5 Å². The lowest BCUT2D eigenvalue weighted by atomic mass is 10.4. The van der Waals surface area contributed by atoms with E-state index >= 15 is 0 Å². The molecular formula is C8H4BrClN2O. The molecule has 0 atom stereocenters. The zero-order chi connectivity index (χ0) is 9.42. The van der Waals surface area contributed by atoms with Crippen LogP contribution in [-0.4, -0.2) is 9.38 Å². The predicted octanol–water partition coefficient (Wildman–Crippen LogP) is 2.11. The molecule has 0 aromatic carbocycles. The summed E-state index contributed by atoms with van der Waals surface area (Å²) < 4.78 is 2.25. The lowest BCUT2D eigenvalue weighted by molar-refractivity contribution is 1.04. The van der Waals surface area contributed by atoms with Crippen LogP contribution in [0.5, 0.6) is 0 Å². The highest BCUT2D eigenvalue weighted by molar-refractivity contribution is 9.10. The van der Waals surface area contributed by atoms with E-state index in [4.69, 9.17) is 11.6 Å². The summed E-state index contributed by atoms with van der Waals surface area (Å²) in [6.07, 6.45) is 1.65. The zero-order valence-electron chi connectivity index (χ0n) is 6.37. The molecule has 2 heterocycles. The summed E-state index contributed by atoms with van der Waals surface area (Å²) in [7, 11) is 0. The molecule has 5 heteroatoms. The molecule has 0 bridgehead atoms. The summed E-state index contributed by atoms with van der Waals surface area (Å²) in [4.78, 5) is 15.4. The van der Waals surface area contributed by atoms with E-state index in [0.717, 1.165) is 4.47 Å². The van der Waals surface area contributed by atoms with Crippen molar-refractivity contribution in [1.82, 2.24) is 9.38 Å². The number of hydrogen-bond donors (Lipinski definition) is 0. The van der Waals surface area contributed by atoms with E-state index < -0.39 is 0 Å². The third-order valence-electron chi connectivity index (χ3n) is 1.59. The van der Waals surface area contributed by atoms with E-state index in [2.05, 4.69) is 20.9 Å². The maximum Gasteiger partial charge on any atom is 0.259 e. The van der Waals surface area contributed by atoms with Crippen molar-refractivity contribution in [2.75, 3.05) is 0 Å². The van der Waals surface area contributed by atoms with E-state index in [0.29, 0.717) is 5.65 Å². The fourth-order valence-electron chi connectivity index (χ4n) is 1.05. The van der Waals surface area contributed by atoms with Gasteiger partial charge in [0.15, 0.2) is 0 Å². The van der Waals surface area contributed by atoms with Crippen molar-refractivity contribution < 1.29 is 0 Å². The molecule has 0 aliphatic rings. The Morgan fingerprint density at radius 1 is 1.46 bits per heavy atom. The molecule has 0 unspecified atom stereocenters. The van der Waals surface area contributed by atoms with Crippen molar-refractivity contribution in [2.24, 2.45) is 0 Å². The summed E-state index contributed by atoms with van der Waals surface area (Å²) in [5, 5.41) is 0.215. The molecule has 0 aliphatic carbocycles. The topological polar surface area (TPSA) is 34.4 Å². The number of fused-ring (bicyclic) bond motifs is 1. The van der Waals surface area contributed by atoms with Gasteiger partial charge in [-0.1, -0.05) is 11.6 Å². The summed E-state index contributed by atoms with van der Waals surface area (Å²) in [5.41, 5.74) is 0.358. The van der Waals surface area contributed by atoms with Crippen molar-refractivity contribution in [2.45, 2.75) is 0 Å². The molecule has 0 saturated carbocycles. The van der Waals surface area contributed by atoms with Crippen LogP contribution < -0.4 is 5.56 Å². The van der Waals surface area contributed by atoms with Crippen LogP contribution in [-0.2, 0) is 0 Å². The number of aromatic nitrogens is 2. The Hall–Kier alpha value is -0.870. The van der Waals surface area contributed by atoms with E-state index in [-0.39, 0.29) is 10.7 Å². The van der Waals surface area contributed by atoms with Crippen molar-refractivity contribution in [1.29, 1.82) is 0 Å². The molecule has 2 aromatic rings. The molecule has 0 fully saturated rings. The van der Waals surface area contributed by atoms with Gasteiger partial charge in [-0.15, -0.1) is 0 Å². The normalized spacial score (nSPS) is 10.6. The lowest BCUT2D eigenvalue weighted by Crippen LogP contribution is -2.13. The third-order valence-corrected chi connectivity index (χ3v) is 2.25. The molecule has 13 heavy (non-hydrogen) atoms. The van der Waals surface area contributed by atoms with Crippen molar-refractivity contribution in [3.8, 4) is 0 Å². The maximum absolute atomic E-state index is 11.4. The van der Waals surface area contributed by atoms with E-state index in [1.807, 2.05) is 0 Å². The average molecular weight is 259 g/mol. The van der Waals surface area contributed by atoms with Crippen LogP contribution >= 0.6 is 27.5 Å². The molecule has 0 radical (unpaired) electrons. The van der Waals surface area contributed by atoms with Gasteiger partial charge in [-0.25, -0.2) is 4.98 Å². The Morgan fingerprint density at radius 3 is 3.00 bits per heavy atom. The molecule has 2 aromatic heterocycles. The number of rotatable bonds is 0.